The Labute approximate surface area is 91.6 Å². The molecule has 1 aliphatic heterocycles. The Morgan fingerprint density at radius 2 is 2.12 bits per heavy atom. The second-order valence-electron chi connectivity index (χ2n) is 2.88. The van der Waals surface area contributed by atoms with Gasteiger partial charge in [0.15, 0.2) is 0 Å². The number of aromatic nitrogens is 2. The zero-order chi connectivity index (χ0) is 11.9. The number of nitrogens with one attached hydrogen (secondary N) is 1. The van der Waals surface area contributed by atoms with Crippen LogP contribution < -0.4 is 5.32 Å². The van der Waals surface area contributed by atoms with Gasteiger partial charge in [0.25, 0.3) is 0 Å². The monoisotopic (exact) mass is 253 g/mol. The topological polar surface area (TPSA) is 64.1 Å². The highest BCUT2D eigenvalue weighted by Crippen LogP contribution is 2.43. The maximum absolute atomic E-state index is 12.6. The molecule has 0 aliphatic carbocycles. The minimum absolute atomic E-state index is 0.293. The molecule has 2 rings (SSSR count). The lowest BCUT2D eigenvalue weighted by molar-refractivity contribution is -0.206. The van der Waals surface area contributed by atoms with Gasteiger partial charge in [-0.1, -0.05) is 11.6 Å². The summed E-state index contributed by atoms with van der Waals surface area (Å²) in [5, 5.41) is 1.60. The first-order valence-corrected chi connectivity index (χ1v) is 4.32. The summed E-state index contributed by atoms with van der Waals surface area (Å²) >= 11 is 5.51. The number of alkyl halides is 3. The summed E-state index contributed by atoms with van der Waals surface area (Å²) in [6, 6.07) is 0. The van der Waals surface area contributed by atoms with Crippen LogP contribution in [0.4, 0.5) is 23.8 Å². The lowest BCUT2D eigenvalue weighted by Crippen LogP contribution is -2.34. The van der Waals surface area contributed by atoms with E-state index in [1.54, 1.807) is 0 Å². The van der Waals surface area contributed by atoms with Crippen molar-refractivity contribution in [3.05, 3.63) is 17.0 Å². The van der Waals surface area contributed by atoms with E-state index < -0.39 is 29.1 Å². The van der Waals surface area contributed by atoms with Crippen LogP contribution in [0.1, 0.15) is 11.7 Å². The Morgan fingerprint density at radius 1 is 1.44 bits per heavy atom. The number of carbonyl (C=O) groups is 1. The summed E-state index contributed by atoms with van der Waals surface area (Å²) in [6.45, 7) is 0. The van der Waals surface area contributed by atoms with Crippen molar-refractivity contribution in [2.24, 2.45) is 0 Å². The van der Waals surface area contributed by atoms with Crippen LogP contribution in [0.15, 0.2) is 6.33 Å². The molecular formula is C7H3ClF3N3O2. The molecular weight excluding hydrogens is 251 g/mol. The zero-order valence-corrected chi connectivity index (χ0v) is 8.13. The van der Waals surface area contributed by atoms with Crippen molar-refractivity contribution >= 4 is 23.5 Å². The number of cyclic esters (lactones) is 1. The molecule has 2 heterocycles. The average Bonchev–Trinajstić information content (AvgIpc) is 2.15. The normalized spacial score (nSPS) is 19.8. The summed E-state index contributed by atoms with van der Waals surface area (Å²) in [7, 11) is 0. The summed E-state index contributed by atoms with van der Waals surface area (Å²) in [4.78, 5) is 17.7. The highest BCUT2D eigenvalue weighted by Gasteiger charge is 2.49. The van der Waals surface area contributed by atoms with Gasteiger partial charge in [-0.25, -0.2) is 14.8 Å². The lowest BCUT2D eigenvalue weighted by atomic mass is 10.1. The smallest absolute Gasteiger partial charge is 0.430 e. The Morgan fingerprint density at radius 3 is 2.75 bits per heavy atom. The third-order valence-electron chi connectivity index (χ3n) is 1.84. The van der Waals surface area contributed by atoms with Crippen LogP contribution in [0.25, 0.3) is 0 Å². The Balaban J connectivity index is 2.56. The highest BCUT2D eigenvalue weighted by molar-refractivity contribution is 6.30. The second-order valence-corrected chi connectivity index (χ2v) is 3.24. The number of fused-ring (bicyclic) bond motifs is 1. The van der Waals surface area contributed by atoms with E-state index in [1.165, 1.54) is 0 Å². The van der Waals surface area contributed by atoms with E-state index in [1.807, 2.05) is 5.32 Å². The van der Waals surface area contributed by atoms with Gasteiger partial charge >= 0.3 is 12.3 Å². The number of halogens is 4. The van der Waals surface area contributed by atoms with Gasteiger partial charge in [0.2, 0.25) is 6.10 Å². The number of hydrogen-bond acceptors (Lipinski definition) is 4. The van der Waals surface area contributed by atoms with Gasteiger partial charge in [-0.05, 0) is 0 Å². The summed E-state index contributed by atoms with van der Waals surface area (Å²) in [5.41, 5.74) is -0.490. The fourth-order valence-corrected chi connectivity index (χ4v) is 1.46. The molecule has 9 heteroatoms. The van der Waals surface area contributed by atoms with E-state index >= 15 is 0 Å². The maximum Gasteiger partial charge on any atom is 0.430 e. The molecule has 5 nitrogen and oxygen atoms in total. The van der Waals surface area contributed by atoms with E-state index in [2.05, 4.69) is 14.7 Å². The van der Waals surface area contributed by atoms with Crippen LogP contribution in [0, 0.1) is 0 Å². The summed E-state index contributed by atoms with van der Waals surface area (Å²) in [5.74, 6) is -0.293. The molecule has 0 saturated heterocycles. The number of hydrogen-bond donors (Lipinski definition) is 1. The quantitative estimate of drug-likeness (QED) is 0.721. The SMILES string of the molecule is O=C1Nc2ncnc(Cl)c2[C@H](C(F)(F)F)O1. The Hall–Kier alpha value is -1.57. The van der Waals surface area contributed by atoms with Gasteiger partial charge in [-0.2, -0.15) is 13.2 Å². The molecule has 0 saturated carbocycles. The van der Waals surface area contributed by atoms with Crippen LogP contribution in [0.3, 0.4) is 0 Å². The number of amides is 1. The zero-order valence-electron chi connectivity index (χ0n) is 7.38. The minimum atomic E-state index is -4.76. The predicted molar refractivity (Wildman–Crippen MR) is 45.9 cm³/mol. The molecule has 1 amide bonds. The molecule has 1 aromatic heterocycles. The van der Waals surface area contributed by atoms with Crippen LogP contribution in [0.5, 0.6) is 0 Å². The Kier molecular flexibility index (Phi) is 2.38. The third kappa shape index (κ3) is 1.75. The molecule has 0 unspecified atom stereocenters. The van der Waals surface area contributed by atoms with Crippen LogP contribution >= 0.6 is 11.6 Å². The molecule has 0 radical (unpaired) electrons. The van der Waals surface area contributed by atoms with Crippen molar-refractivity contribution in [2.75, 3.05) is 5.32 Å². The molecule has 16 heavy (non-hydrogen) atoms. The van der Waals surface area contributed by atoms with E-state index in [9.17, 15) is 18.0 Å². The van der Waals surface area contributed by atoms with Gasteiger partial charge < -0.3 is 4.74 Å². The molecule has 0 bridgehead atoms. The number of carbonyl (C=O) groups excluding carboxylic acids is 1. The van der Waals surface area contributed by atoms with Crippen molar-refractivity contribution in [2.45, 2.75) is 12.3 Å². The first kappa shape index (κ1) is 10.9. The number of nitrogens with zero attached hydrogens (tertiary/aromatic N) is 2. The standard InChI is InChI=1S/C7H3ClF3N3O2/c8-4-2-3(7(9,10)11)16-6(15)14-5(2)13-1-12-4/h1,3H,(H,12,13,14,15)/t3-/m1/s1. The van der Waals surface area contributed by atoms with E-state index in [0.29, 0.717) is 0 Å². The lowest BCUT2D eigenvalue weighted by Gasteiger charge is -2.26. The Bertz CT molecular complexity index is 451. The van der Waals surface area contributed by atoms with Gasteiger partial charge in [-0.3, -0.25) is 5.32 Å². The first-order valence-electron chi connectivity index (χ1n) is 3.94. The molecule has 86 valence electrons. The van der Waals surface area contributed by atoms with Crippen molar-refractivity contribution in [3.8, 4) is 0 Å². The summed E-state index contributed by atoms with van der Waals surface area (Å²) in [6.07, 6.45) is -7.49. The molecule has 1 atom stereocenters. The van der Waals surface area contributed by atoms with Crippen molar-refractivity contribution < 1.29 is 22.7 Å². The van der Waals surface area contributed by atoms with Gasteiger partial charge in [0.1, 0.15) is 17.3 Å². The molecule has 1 aromatic rings. The third-order valence-corrected chi connectivity index (χ3v) is 2.14. The van der Waals surface area contributed by atoms with Gasteiger partial charge in [-0.15, -0.1) is 0 Å². The van der Waals surface area contributed by atoms with E-state index in [-0.39, 0.29) is 5.82 Å². The molecule has 0 aromatic carbocycles. The van der Waals surface area contributed by atoms with Crippen molar-refractivity contribution in [3.63, 3.8) is 0 Å². The van der Waals surface area contributed by atoms with Gasteiger partial charge in [0.05, 0.1) is 5.56 Å². The van der Waals surface area contributed by atoms with Crippen molar-refractivity contribution in [1.29, 1.82) is 0 Å². The van der Waals surface area contributed by atoms with Gasteiger partial charge in [0, 0.05) is 0 Å². The fourth-order valence-electron chi connectivity index (χ4n) is 1.23. The van der Waals surface area contributed by atoms with Crippen LogP contribution in [-0.2, 0) is 4.74 Å². The number of anilines is 1. The van der Waals surface area contributed by atoms with Crippen LogP contribution in [0.2, 0.25) is 5.15 Å². The molecule has 0 fully saturated rings. The molecule has 1 N–H and O–H groups in total. The average molecular weight is 254 g/mol. The van der Waals surface area contributed by atoms with Crippen molar-refractivity contribution in [1.82, 2.24) is 9.97 Å². The molecule has 0 spiro atoms. The second kappa shape index (κ2) is 3.48. The van der Waals surface area contributed by atoms with E-state index in [0.717, 1.165) is 6.33 Å². The van der Waals surface area contributed by atoms with E-state index in [4.69, 9.17) is 11.6 Å². The summed E-state index contributed by atoms with van der Waals surface area (Å²) < 4.78 is 41.8. The maximum atomic E-state index is 12.6. The first-order chi connectivity index (χ1) is 7.39. The van der Waals surface area contributed by atoms with Crippen LogP contribution in [-0.4, -0.2) is 22.2 Å². The predicted octanol–water partition coefficient (Wildman–Crippen LogP) is 2.30. The minimum Gasteiger partial charge on any atom is -0.431 e. The molecule has 1 aliphatic rings. The highest BCUT2D eigenvalue weighted by atomic mass is 35.5. The largest absolute Gasteiger partial charge is 0.431 e. The number of ether oxygens (including phenoxy) is 1. The fraction of sp³-hybridized carbons (Fsp3) is 0.286. The number of rotatable bonds is 0.